The molecule has 0 spiro atoms. The van der Waals surface area contributed by atoms with Gasteiger partial charge in [0.1, 0.15) is 11.5 Å². The normalized spacial score (nSPS) is 18.2. The number of aliphatic carboxylic acids is 1. The number of fused-ring (bicyclic) bond motifs is 1. The van der Waals surface area contributed by atoms with E-state index in [1.165, 1.54) is 32.4 Å². The molecular formula is C30H28F9N5O5. The van der Waals surface area contributed by atoms with Gasteiger partial charge >= 0.3 is 30.6 Å². The zero-order valence-corrected chi connectivity index (χ0v) is 25.6. The van der Waals surface area contributed by atoms with Crippen molar-refractivity contribution in [3.8, 4) is 5.88 Å². The molecule has 3 aromatic rings. The topological polar surface area (TPSA) is 141 Å². The zero-order valence-electron chi connectivity index (χ0n) is 25.6. The second-order valence-electron chi connectivity index (χ2n) is 11.2. The van der Waals surface area contributed by atoms with Crippen molar-refractivity contribution in [1.82, 2.24) is 15.0 Å². The van der Waals surface area contributed by atoms with Crippen molar-refractivity contribution in [2.45, 2.75) is 69.1 Å². The predicted octanol–water partition coefficient (Wildman–Crippen LogP) is 6.63. The zero-order chi connectivity index (χ0) is 36.5. The number of nitrogens with zero attached hydrogens (tertiary/aromatic N) is 4. The average Bonchev–Trinajstić information content (AvgIpc) is 3.01. The van der Waals surface area contributed by atoms with Gasteiger partial charge in [0.15, 0.2) is 6.61 Å². The highest BCUT2D eigenvalue weighted by atomic mass is 19.4. The van der Waals surface area contributed by atoms with Crippen molar-refractivity contribution in [2.75, 3.05) is 18.6 Å². The number of carboxylic acid groups (broad SMARTS) is 1. The van der Waals surface area contributed by atoms with Crippen molar-refractivity contribution in [3.05, 3.63) is 76.0 Å². The summed E-state index contributed by atoms with van der Waals surface area (Å²) in [7, 11) is 1.26. The maximum atomic E-state index is 13.6. The van der Waals surface area contributed by atoms with Gasteiger partial charge in [-0.2, -0.15) is 39.5 Å². The quantitative estimate of drug-likeness (QED) is 0.234. The number of nitrogens with two attached hydrogens (primary N) is 1. The first-order valence-corrected chi connectivity index (χ1v) is 14.4. The first kappa shape index (κ1) is 37.1. The number of amides is 1. The number of alkyl halides is 9. The van der Waals surface area contributed by atoms with Crippen molar-refractivity contribution < 1.29 is 63.7 Å². The Balaban J connectivity index is 1.87. The fourth-order valence-corrected chi connectivity index (χ4v) is 5.34. The molecule has 10 nitrogen and oxygen atoms in total. The number of anilines is 1. The third kappa shape index (κ3) is 8.68. The monoisotopic (exact) mass is 709 g/mol. The number of hydrogen-bond donors (Lipinski definition) is 2. The molecule has 1 aromatic carbocycles. The van der Waals surface area contributed by atoms with Gasteiger partial charge in [0, 0.05) is 25.1 Å². The predicted molar refractivity (Wildman–Crippen MR) is 152 cm³/mol. The van der Waals surface area contributed by atoms with Crippen LogP contribution in [0.2, 0.25) is 0 Å². The van der Waals surface area contributed by atoms with Gasteiger partial charge in [0.25, 0.3) is 0 Å². The Morgan fingerprint density at radius 3 is 2.18 bits per heavy atom. The molecule has 0 unspecified atom stereocenters. The van der Waals surface area contributed by atoms with Crippen LogP contribution in [0.25, 0.3) is 0 Å². The fourth-order valence-electron chi connectivity index (χ4n) is 5.34. The van der Waals surface area contributed by atoms with E-state index in [0.29, 0.717) is 12.1 Å². The van der Waals surface area contributed by atoms with E-state index < -0.39 is 78.3 Å². The number of carboxylic acids is 1. The lowest BCUT2D eigenvalue weighted by molar-refractivity contribution is -0.160. The fraction of sp³-hybridized carbons (Fsp3) is 0.433. The lowest BCUT2D eigenvalue weighted by Gasteiger charge is -2.46. The molecule has 0 saturated heterocycles. The Morgan fingerprint density at radius 2 is 1.65 bits per heavy atom. The largest absolute Gasteiger partial charge is 0.481 e. The molecule has 2 atom stereocenters. The summed E-state index contributed by atoms with van der Waals surface area (Å²) in [5, 5.41) is 9.23. The Hall–Kier alpha value is -4.68. The van der Waals surface area contributed by atoms with Crippen LogP contribution in [0.4, 0.5) is 50.0 Å². The highest BCUT2D eigenvalue weighted by molar-refractivity contribution is 5.91. The molecule has 0 saturated carbocycles. The van der Waals surface area contributed by atoms with Gasteiger partial charge in [-0.1, -0.05) is 6.92 Å². The number of carbonyl (C=O) groups excluding carboxylic acids is 1. The van der Waals surface area contributed by atoms with Crippen LogP contribution in [0, 0.1) is 0 Å². The number of aryl methyl sites for hydroxylation is 1. The second kappa shape index (κ2) is 13.7. The van der Waals surface area contributed by atoms with Crippen LogP contribution in [0.1, 0.15) is 71.6 Å². The van der Waals surface area contributed by atoms with Gasteiger partial charge in [-0.05, 0) is 54.7 Å². The van der Waals surface area contributed by atoms with Crippen molar-refractivity contribution in [1.29, 1.82) is 0 Å². The minimum atomic E-state index is -5.13. The summed E-state index contributed by atoms with van der Waals surface area (Å²) in [5.41, 5.74) is 1.19. The highest BCUT2D eigenvalue weighted by Crippen LogP contribution is 2.45. The number of pyridine rings is 1. The minimum Gasteiger partial charge on any atom is -0.481 e. The number of ether oxygens (including phenoxy) is 2. The summed E-state index contributed by atoms with van der Waals surface area (Å²) in [6.07, 6.45) is -17.0. The van der Waals surface area contributed by atoms with Gasteiger partial charge in [-0.3, -0.25) is 9.69 Å². The molecule has 266 valence electrons. The second-order valence-corrected chi connectivity index (χ2v) is 11.2. The third-order valence-electron chi connectivity index (χ3n) is 7.73. The van der Waals surface area contributed by atoms with E-state index >= 15 is 0 Å². The van der Waals surface area contributed by atoms with E-state index in [1.54, 1.807) is 0 Å². The highest BCUT2D eigenvalue weighted by Gasteiger charge is 2.48. The Morgan fingerprint density at radius 1 is 1.02 bits per heavy atom. The van der Waals surface area contributed by atoms with E-state index in [9.17, 15) is 54.2 Å². The smallest absolute Gasteiger partial charge is 0.422 e. The van der Waals surface area contributed by atoms with Gasteiger partial charge in [-0.25, -0.2) is 19.7 Å². The summed E-state index contributed by atoms with van der Waals surface area (Å²) in [5.74, 6) is -2.43. The van der Waals surface area contributed by atoms with Crippen LogP contribution < -0.4 is 15.4 Å². The van der Waals surface area contributed by atoms with Gasteiger partial charge in [0.05, 0.1) is 41.2 Å². The van der Waals surface area contributed by atoms with E-state index in [-0.39, 0.29) is 59.7 Å². The molecule has 3 N–H and O–H groups in total. The van der Waals surface area contributed by atoms with Gasteiger partial charge in [0.2, 0.25) is 5.88 Å². The molecule has 2 aromatic heterocycles. The maximum absolute atomic E-state index is 13.6. The summed E-state index contributed by atoms with van der Waals surface area (Å²) < 4.78 is 130. The van der Waals surface area contributed by atoms with Crippen LogP contribution in [0.5, 0.6) is 5.88 Å². The molecule has 49 heavy (non-hydrogen) atoms. The molecule has 0 radical (unpaired) electrons. The number of rotatable bonds is 9. The van der Waals surface area contributed by atoms with E-state index in [4.69, 9.17) is 10.5 Å². The van der Waals surface area contributed by atoms with Crippen LogP contribution in [-0.2, 0) is 34.7 Å². The summed E-state index contributed by atoms with van der Waals surface area (Å²) >= 11 is 0. The number of carbonyl (C=O) groups is 2. The molecule has 0 bridgehead atoms. The van der Waals surface area contributed by atoms with Crippen LogP contribution in [0.15, 0.2) is 36.5 Å². The Bertz CT molecular complexity index is 1680. The van der Waals surface area contributed by atoms with E-state index in [1.807, 2.05) is 0 Å². The van der Waals surface area contributed by atoms with Crippen LogP contribution in [-0.4, -0.2) is 57.7 Å². The average molecular weight is 710 g/mol. The van der Waals surface area contributed by atoms with Crippen molar-refractivity contribution in [3.63, 3.8) is 0 Å². The molecule has 19 heteroatoms. The Kier molecular flexibility index (Phi) is 10.4. The third-order valence-corrected chi connectivity index (χ3v) is 7.73. The molecular weight excluding hydrogens is 681 g/mol. The lowest BCUT2D eigenvalue weighted by atomic mass is 9.83. The standard InChI is InChI=1S/C30H28F9N5O5/c1-3-27(40)12-19(24-21(5-6-22(43-24)48-2)44(27)26(47)49-14-28(31,32)33)25-41-13-16(4-7-23(45)46)20(42-25)10-15-8-17(29(34,35)36)11-18(9-15)30(37,38)39/h5-6,8-9,11,13,19H,3-4,7,10,12,14,40H2,1-2H3,(H,45,46)/t19-,27+/m0/s1. The van der Waals surface area contributed by atoms with Gasteiger partial charge in [-0.15, -0.1) is 0 Å². The van der Waals surface area contributed by atoms with Crippen LogP contribution in [0.3, 0.4) is 0 Å². The maximum Gasteiger partial charge on any atom is 0.422 e. The molecule has 3 heterocycles. The van der Waals surface area contributed by atoms with Gasteiger partial charge < -0.3 is 20.3 Å². The van der Waals surface area contributed by atoms with Crippen LogP contribution >= 0.6 is 0 Å². The lowest BCUT2D eigenvalue weighted by Crippen LogP contribution is -2.62. The number of benzene rings is 1. The van der Waals surface area contributed by atoms with Crippen molar-refractivity contribution in [2.24, 2.45) is 5.73 Å². The number of aromatic nitrogens is 3. The molecule has 1 aliphatic heterocycles. The molecule has 4 rings (SSSR count). The van der Waals surface area contributed by atoms with E-state index in [0.717, 1.165) is 4.90 Å². The first-order chi connectivity index (χ1) is 22.6. The molecule has 1 amide bonds. The van der Waals surface area contributed by atoms with Crippen molar-refractivity contribution >= 4 is 17.7 Å². The number of methoxy groups -OCH3 is 1. The molecule has 0 aliphatic carbocycles. The SMILES string of the molecule is CC[C@]1(N)C[C@H](c2ncc(CCC(=O)O)c(Cc3cc(C(F)(F)F)cc(C(F)(F)F)c3)n2)c2nc(OC)ccc2N1C(=O)OCC(F)(F)F. The Labute approximate surface area is 272 Å². The number of hydrogen-bond acceptors (Lipinski definition) is 8. The minimum absolute atomic E-state index is 0.00433. The summed E-state index contributed by atoms with van der Waals surface area (Å²) in [6.45, 7) is -0.378. The van der Waals surface area contributed by atoms with E-state index in [2.05, 4.69) is 19.7 Å². The molecule has 0 fully saturated rings. The molecule has 1 aliphatic rings. The summed E-state index contributed by atoms with van der Waals surface area (Å²) in [4.78, 5) is 38.3. The first-order valence-electron chi connectivity index (χ1n) is 14.4. The number of halogens is 9. The summed E-state index contributed by atoms with van der Waals surface area (Å²) in [6, 6.07) is 3.60.